The fourth-order valence-electron chi connectivity index (χ4n) is 4.75. The zero-order valence-corrected chi connectivity index (χ0v) is 20.0. The number of H-pyrrole nitrogens is 1. The average Bonchev–Trinajstić information content (AvgIpc) is 3.34. The Hall–Kier alpha value is -3.61. The van der Waals surface area contributed by atoms with Crippen LogP contribution in [0.5, 0.6) is 5.75 Å². The number of para-hydroxylation sites is 1. The van der Waals surface area contributed by atoms with Crippen molar-refractivity contribution in [2.24, 2.45) is 0 Å². The van der Waals surface area contributed by atoms with Crippen molar-refractivity contribution in [2.75, 3.05) is 40.0 Å². The Morgan fingerprint density at radius 2 is 1.86 bits per heavy atom. The van der Waals surface area contributed by atoms with Gasteiger partial charge in [0, 0.05) is 54.8 Å². The number of fused-ring (bicyclic) bond motifs is 1. The Morgan fingerprint density at radius 1 is 1.06 bits per heavy atom. The predicted octanol–water partition coefficient (Wildman–Crippen LogP) is 4.57. The molecule has 1 unspecified atom stereocenters. The first-order valence-corrected chi connectivity index (χ1v) is 12.1. The van der Waals surface area contributed by atoms with E-state index in [0.717, 1.165) is 66.2 Å². The number of methoxy groups -OCH3 is 1. The van der Waals surface area contributed by atoms with Gasteiger partial charge < -0.3 is 19.8 Å². The van der Waals surface area contributed by atoms with Crippen LogP contribution in [0.25, 0.3) is 10.9 Å². The molecule has 1 saturated heterocycles. The SMILES string of the molecule is COc1ccc(C(CNC(=O)c2cccc(CN3CCOCC3)c2)c2c[nH]c3ccccc23)cc1. The first-order valence-electron chi connectivity index (χ1n) is 12.1. The molecule has 5 rings (SSSR count). The molecule has 1 aliphatic heterocycles. The van der Waals surface area contributed by atoms with Crippen molar-refractivity contribution >= 4 is 16.8 Å². The van der Waals surface area contributed by atoms with Gasteiger partial charge in [-0.2, -0.15) is 0 Å². The summed E-state index contributed by atoms with van der Waals surface area (Å²) < 4.78 is 10.8. The van der Waals surface area contributed by atoms with Gasteiger partial charge >= 0.3 is 0 Å². The molecule has 35 heavy (non-hydrogen) atoms. The summed E-state index contributed by atoms with van der Waals surface area (Å²) in [6.45, 7) is 4.69. The topological polar surface area (TPSA) is 66.6 Å². The number of carbonyl (C=O) groups is 1. The second kappa shape index (κ2) is 10.8. The molecule has 6 heteroatoms. The molecular formula is C29H31N3O3. The fraction of sp³-hybridized carbons (Fsp3) is 0.276. The second-order valence-electron chi connectivity index (χ2n) is 8.91. The van der Waals surface area contributed by atoms with Crippen LogP contribution in [0.4, 0.5) is 0 Å². The molecule has 3 aromatic carbocycles. The Kier molecular flexibility index (Phi) is 7.12. The highest BCUT2D eigenvalue weighted by Gasteiger charge is 2.20. The number of benzene rings is 3. The summed E-state index contributed by atoms with van der Waals surface area (Å²) in [6, 6.07) is 24.3. The highest BCUT2D eigenvalue weighted by atomic mass is 16.5. The van der Waals surface area contributed by atoms with E-state index in [1.165, 1.54) is 0 Å². The van der Waals surface area contributed by atoms with E-state index >= 15 is 0 Å². The van der Waals surface area contributed by atoms with Gasteiger partial charge in [-0.1, -0.05) is 42.5 Å². The second-order valence-corrected chi connectivity index (χ2v) is 8.91. The molecule has 1 amide bonds. The summed E-state index contributed by atoms with van der Waals surface area (Å²) in [6.07, 6.45) is 2.05. The van der Waals surface area contributed by atoms with Gasteiger partial charge in [-0.05, 0) is 47.0 Å². The van der Waals surface area contributed by atoms with Crippen LogP contribution in [0.1, 0.15) is 33.0 Å². The maximum atomic E-state index is 13.2. The number of aromatic nitrogens is 1. The number of hydrogen-bond acceptors (Lipinski definition) is 4. The average molecular weight is 470 g/mol. The zero-order valence-electron chi connectivity index (χ0n) is 20.0. The number of morpholine rings is 1. The lowest BCUT2D eigenvalue weighted by molar-refractivity contribution is 0.0342. The lowest BCUT2D eigenvalue weighted by Crippen LogP contribution is -2.35. The number of nitrogens with one attached hydrogen (secondary N) is 2. The van der Waals surface area contributed by atoms with Crippen LogP contribution >= 0.6 is 0 Å². The Bertz CT molecular complexity index is 1280. The summed E-state index contributed by atoms with van der Waals surface area (Å²) in [7, 11) is 1.67. The molecule has 1 aliphatic rings. The smallest absolute Gasteiger partial charge is 0.251 e. The van der Waals surface area contributed by atoms with Gasteiger partial charge in [0.1, 0.15) is 5.75 Å². The molecule has 6 nitrogen and oxygen atoms in total. The molecule has 1 fully saturated rings. The summed E-state index contributed by atoms with van der Waals surface area (Å²) in [5.41, 5.74) is 5.19. The molecule has 180 valence electrons. The summed E-state index contributed by atoms with van der Waals surface area (Å²) >= 11 is 0. The molecule has 4 aromatic rings. The lowest BCUT2D eigenvalue weighted by Gasteiger charge is -2.26. The summed E-state index contributed by atoms with van der Waals surface area (Å²) in [5, 5.41) is 4.35. The largest absolute Gasteiger partial charge is 0.497 e. The maximum absolute atomic E-state index is 13.2. The van der Waals surface area contributed by atoms with Crippen molar-refractivity contribution in [3.05, 3.63) is 101 Å². The van der Waals surface area contributed by atoms with Crippen LogP contribution in [0.2, 0.25) is 0 Å². The van der Waals surface area contributed by atoms with Crippen molar-refractivity contribution in [1.29, 1.82) is 0 Å². The van der Waals surface area contributed by atoms with Gasteiger partial charge in [-0.3, -0.25) is 9.69 Å². The molecule has 0 bridgehead atoms. The van der Waals surface area contributed by atoms with E-state index in [1.807, 2.05) is 42.5 Å². The summed E-state index contributed by atoms with van der Waals surface area (Å²) in [4.78, 5) is 18.9. The van der Waals surface area contributed by atoms with Gasteiger partial charge in [0.05, 0.1) is 20.3 Å². The minimum atomic E-state index is -0.0628. The van der Waals surface area contributed by atoms with Crippen LogP contribution in [-0.2, 0) is 11.3 Å². The van der Waals surface area contributed by atoms with E-state index in [-0.39, 0.29) is 11.8 Å². The molecular weight excluding hydrogens is 438 g/mol. The van der Waals surface area contributed by atoms with E-state index in [0.29, 0.717) is 12.1 Å². The maximum Gasteiger partial charge on any atom is 0.251 e. The Morgan fingerprint density at radius 3 is 2.66 bits per heavy atom. The zero-order chi connectivity index (χ0) is 24.0. The highest BCUT2D eigenvalue weighted by molar-refractivity contribution is 5.94. The lowest BCUT2D eigenvalue weighted by atomic mass is 9.90. The highest BCUT2D eigenvalue weighted by Crippen LogP contribution is 2.31. The third-order valence-electron chi connectivity index (χ3n) is 6.68. The minimum absolute atomic E-state index is 0.00228. The minimum Gasteiger partial charge on any atom is -0.497 e. The Balaban J connectivity index is 1.35. The number of hydrogen-bond donors (Lipinski definition) is 2. The Labute approximate surface area is 205 Å². The van der Waals surface area contributed by atoms with Gasteiger partial charge in [-0.15, -0.1) is 0 Å². The molecule has 0 radical (unpaired) electrons. The van der Waals surface area contributed by atoms with E-state index in [4.69, 9.17) is 9.47 Å². The predicted molar refractivity (Wildman–Crippen MR) is 138 cm³/mol. The van der Waals surface area contributed by atoms with E-state index in [1.54, 1.807) is 7.11 Å². The summed E-state index contributed by atoms with van der Waals surface area (Å²) in [5.74, 6) is 0.747. The fourth-order valence-corrected chi connectivity index (χ4v) is 4.75. The van der Waals surface area contributed by atoms with Crippen molar-refractivity contribution in [3.63, 3.8) is 0 Å². The number of ether oxygens (including phenoxy) is 2. The normalized spacial score (nSPS) is 15.1. The number of nitrogens with zero attached hydrogens (tertiary/aromatic N) is 1. The molecule has 0 saturated carbocycles. The molecule has 1 aromatic heterocycles. The van der Waals surface area contributed by atoms with Gasteiger partial charge in [0.2, 0.25) is 0 Å². The monoisotopic (exact) mass is 469 g/mol. The number of rotatable bonds is 8. The van der Waals surface area contributed by atoms with Gasteiger partial charge in [0.25, 0.3) is 5.91 Å². The van der Waals surface area contributed by atoms with E-state index < -0.39 is 0 Å². The van der Waals surface area contributed by atoms with Crippen LogP contribution in [0.15, 0.2) is 79.0 Å². The van der Waals surface area contributed by atoms with Crippen molar-refractivity contribution in [2.45, 2.75) is 12.5 Å². The van der Waals surface area contributed by atoms with Crippen molar-refractivity contribution in [3.8, 4) is 5.75 Å². The standard InChI is InChI=1S/C29H31N3O3/c1-34-24-11-9-22(10-12-24)26(27-19-30-28-8-3-2-7-25(27)28)18-31-29(33)23-6-4-5-21(17-23)20-32-13-15-35-16-14-32/h2-12,17,19,26,30H,13-16,18,20H2,1H3,(H,31,33). The molecule has 2 heterocycles. The third-order valence-corrected chi connectivity index (χ3v) is 6.68. The van der Waals surface area contributed by atoms with Crippen molar-refractivity contribution in [1.82, 2.24) is 15.2 Å². The van der Waals surface area contributed by atoms with E-state index in [9.17, 15) is 4.79 Å². The quantitative estimate of drug-likeness (QED) is 0.397. The number of carbonyl (C=O) groups excluding carboxylic acids is 1. The van der Waals surface area contributed by atoms with E-state index in [2.05, 4.69) is 51.7 Å². The van der Waals surface area contributed by atoms with Gasteiger partial charge in [0.15, 0.2) is 0 Å². The first-order chi connectivity index (χ1) is 17.2. The molecule has 2 N–H and O–H groups in total. The number of aromatic amines is 1. The third kappa shape index (κ3) is 5.39. The van der Waals surface area contributed by atoms with Crippen LogP contribution in [-0.4, -0.2) is 55.7 Å². The first kappa shape index (κ1) is 23.1. The van der Waals surface area contributed by atoms with Crippen molar-refractivity contribution < 1.29 is 14.3 Å². The van der Waals surface area contributed by atoms with Crippen LogP contribution < -0.4 is 10.1 Å². The molecule has 0 aliphatic carbocycles. The van der Waals surface area contributed by atoms with Gasteiger partial charge in [-0.25, -0.2) is 0 Å². The molecule has 0 spiro atoms. The van der Waals surface area contributed by atoms with Crippen LogP contribution in [0.3, 0.4) is 0 Å². The number of amides is 1. The van der Waals surface area contributed by atoms with Crippen LogP contribution in [0, 0.1) is 0 Å². The molecule has 1 atom stereocenters.